The molecule has 0 saturated carbocycles. The Morgan fingerprint density at radius 3 is 2.89 bits per heavy atom. The molecule has 2 rings (SSSR count). The van der Waals surface area contributed by atoms with Crippen molar-refractivity contribution in [3.8, 4) is 0 Å². The van der Waals surface area contributed by atoms with Crippen LogP contribution in [0.25, 0.3) is 0 Å². The van der Waals surface area contributed by atoms with Crippen LogP contribution in [0, 0.1) is 0 Å². The predicted molar refractivity (Wildman–Crippen MR) is 78.4 cm³/mol. The van der Waals surface area contributed by atoms with Crippen LogP contribution in [0.1, 0.15) is 36.5 Å². The van der Waals surface area contributed by atoms with E-state index in [9.17, 15) is 0 Å². The lowest BCUT2D eigenvalue weighted by atomic mass is 10.2. The number of rotatable bonds is 5. The standard InChI is InChI=1S/C13H22ClN3S/c1-4-12(13-15-10(7-14)9-18-13)17-6-5-11(8-17)16(2)3/h9,11-12H,4-8H2,1-3H3. The fourth-order valence-electron chi connectivity index (χ4n) is 2.60. The minimum Gasteiger partial charge on any atom is -0.305 e. The smallest absolute Gasteiger partial charge is 0.110 e. The minimum atomic E-state index is 0.469. The summed E-state index contributed by atoms with van der Waals surface area (Å²) in [5, 5.41) is 3.32. The number of hydrogen-bond donors (Lipinski definition) is 0. The van der Waals surface area contributed by atoms with Gasteiger partial charge in [0.15, 0.2) is 0 Å². The van der Waals surface area contributed by atoms with Gasteiger partial charge in [0.25, 0.3) is 0 Å². The molecule has 0 radical (unpaired) electrons. The quantitative estimate of drug-likeness (QED) is 0.776. The summed E-state index contributed by atoms with van der Waals surface area (Å²) in [7, 11) is 4.34. The number of alkyl halides is 1. The number of thiazole rings is 1. The number of nitrogens with zero attached hydrogens (tertiary/aromatic N) is 3. The van der Waals surface area contributed by atoms with Crippen molar-refractivity contribution in [2.45, 2.75) is 37.7 Å². The summed E-state index contributed by atoms with van der Waals surface area (Å²) < 4.78 is 0. The van der Waals surface area contributed by atoms with Gasteiger partial charge >= 0.3 is 0 Å². The maximum atomic E-state index is 5.84. The largest absolute Gasteiger partial charge is 0.305 e. The zero-order valence-electron chi connectivity index (χ0n) is 11.4. The van der Waals surface area contributed by atoms with Gasteiger partial charge in [0.05, 0.1) is 17.6 Å². The molecule has 0 bridgehead atoms. The first kappa shape index (κ1) is 14.3. The van der Waals surface area contributed by atoms with Crippen molar-refractivity contribution < 1.29 is 0 Å². The number of hydrogen-bond acceptors (Lipinski definition) is 4. The number of halogens is 1. The second kappa shape index (κ2) is 6.33. The molecule has 1 saturated heterocycles. The van der Waals surface area contributed by atoms with Crippen molar-refractivity contribution in [1.29, 1.82) is 0 Å². The average Bonchev–Trinajstić information content (AvgIpc) is 2.99. The van der Waals surface area contributed by atoms with Crippen molar-refractivity contribution in [2.75, 3.05) is 27.2 Å². The highest BCUT2D eigenvalue weighted by Gasteiger charge is 2.30. The van der Waals surface area contributed by atoms with Crippen LogP contribution in [0.2, 0.25) is 0 Å². The highest BCUT2D eigenvalue weighted by atomic mass is 35.5. The maximum Gasteiger partial charge on any atom is 0.110 e. The Hall–Kier alpha value is -0.160. The molecule has 0 aliphatic carbocycles. The molecule has 1 aromatic rings. The number of aromatic nitrogens is 1. The van der Waals surface area contributed by atoms with E-state index in [1.54, 1.807) is 11.3 Å². The third kappa shape index (κ3) is 3.05. The van der Waals surface area contributed by atoms with Crippen molar-refractivity contribution >= 4 is 22.9 Å². The average molecular weight is 288 g/mol. The van der Waals surface area contributed by atoms with Crippen LogP contribution in [0.4, 0.5) is 0 Å². The van der Waals surface area contributed by atoms with E-state index >= 15 is 0 Å². The van der Waals surface area contributed by atoms with Gasteiger partial charge < -0.3 is 4.90 Å². The molecule has 2 atom stereocenters. The van der Waals surface area contributed by atoms with Crippen molar-refractivity contribution in [2.24, 2.45) is 0 Å². The highest BCUT2D eigenvalue weighted by molar-refractivity contribution is 7.09. The Bertz CT molecular complexity index is 380. The van der Waals surface area contributed by atoms with E-state index in [4.69, 9.17) is 11.6 Å². The topological polar surface area (TPSA) is 19.4 Å². The van der Waals surface area contributed by atoms with Crippen molar-refractivity contribution in [3.05, 3.63) is 16.1 Å². The van der Waals surface area contributed by atoms with Gasteiger partial charge in [-0.25, -0.2) is 4.98 Å². The van der Waals surface area contributed by atoms with Gasteiger partial charge in [-0.1, -0.05) is 6.92 Å². The Balaban J connectivity index is 2.05. The Morgan fingerprint density at radius 1 is 1.61 bits per heavy atom. The van der Waals surface area contributed by atoms with Gasteiger partial charge in [0.2, 0.25) is 0 Å². The second-order valence-corrected chi connectivity index (χ2v) is 6.29. The fourth-order valence-corrected chi connectivity index (χ4v) is 3.86. The summed E-state index contributed by atoms with van der Waals surface area (Å²) in [5.41, 5.74) is 1.01. The maximum absolute atomic E-state index is 5.84. The molecule has 1 aliphatic heterocycles. The van der Waals surface area contributed by atoms with Crippen LogP contribution in [0.3, 0.4) is 0 Å². The molecule has 0 spiro atoms. The summed E-state index contributed by atoms with van der Waals surface area (Å²) >= 11 is 7.59. The van der Waals surface area contributed by atoms with Gasteiger partial charge in [-0.05, 0) is 26.9 Å². The lowest BCUT2D eigenvalue weighted by Gasteiger charge is -2.26. The Morgan fingerprint density at radius 2 is 2.39 bits per heavy atom. The third-order valence-electron chi connectivity index (χ3n) is 3.74. The lowest BCUT2D eigenvalue weighted by Crippen LogP contribution is -2.33. The summed E-state index contributed by atoms with van der Waals surface area (Å²) in [4.78, 5) is 9.55. The van der Waals surface area contributed by atoms with Crippen LogP contribution in [-0.2, 0) is 5.88 Å². The third-order valence-corrected chi connectivity index (χ3v) is 5.01. The van der Waals surface area contributed by atoms with E-state index in [0.29, 0.717) is 18.0 Å². The summed E-state index contributed by atoms with van der Waals surface area (Å²) in [5.74, 6) is 0.521. The molecule has 0 aromatic carbocycles. The van der Waals surface area contributed by atoms with Crippen molar-refractivity contribution in [3.63, 3.8) is 0 Å². The van der Waals surface area contributed by atoms with Crippen LogP contribution in [0.5, 0.6) is 0 Å². The van der Waals surface area contributed by atoms with Gasteiger partial charge in [-0.2, -0.15) is 0 Å². The van der Waals surface area contributed by atoms with E-state index in [0.717, 1.165) is 18.7 Å². The Labute approximate surface area is 119 Å². The Kier molecular flexibility index (Phi) is 5.01. The molecular weight excluding hydrogens is 266 g/mol. The first-order valence-corrected chi connectivity index (χ1v) is 7.97. The highest BCUT2D eigenvalue weighted by Crippen LogP contribution is 2.31. The lowest BCUT2D eigenvalue weighted by molar-refractivity contribution is 0.211. The summed E-state index contributed by atoms with van der Waals surface area (Å²) in [6.07, 6.45) is 2.38. The van der Waals surface area contributed by atoms with E-state index in [1.807, 2.05) is 0 Å². The van der Waals surface area contributed by atoms with Gasteiger partial charge in [-0.3, -0.25) is 4.90 Å². The second-order valence-electron chi connectivity index (χ2n) is 5.14. The summed E-state index contributed by atoms with van der Waals surface area (Å²) in [6, 6.07) is 1.16. The zero-order valence-corrected chi connectivity index (χ0v) is 13.0. The van der Waals surface area contributed by atoms with Crippen LogP contribution < -0.4 is 0 Å². The van der Waals surface area contributed by atoms with E-state index in [2.05, 4.69) is 41.2 Å². The molecule has 1 aromatic heterocycles. The van der Waals surface area contributed by atoms with Crippen LogP contribution in [0.15, 0.2) is 5.38 Å². The molecule has 3 nitrogen and oxygen atoms in total. The van der Waals surface area contributed by atoms with E-state index < -0.39 is 0 Å². The van der Waals surface area contributed by atoms with E-state index in [-0.39, 0.29) is 0 Å². The monoisotopic (exact) mass is 287 g/mol. The molecule has 1 aliphatic rings. The SMILES string of the molecule is CCC(c1nc(CCl)cs1)N1CCC(N(C)C)C1. The molecular formula is C13H22ClN3S. The molecule has 2 heterocycles. The molecule has 2 unspecified atom stereocenters. The molecule has 1 fully saturated rings. The zero-order chi connectivity index (χ0) is 13.1. The normalized spacial score (nSPS) is 22.8. The first-order chi connectivity index (χ1) is 8.65. The van der Waals surface area contributed by atoms with Crippen molar-refractivity contribution in [1.82, 2.24) is 14.8 Å². The first-order valence-electron chi connectivity index (χ1n) is 6.56. The van der Waals surface area contributed by atoms with Gasteiger partial charge in [0, 0.05) is 24.5 Å². The van der Waals surface area contributed by atoms with Gasteiger partial charge in [0.1, 0.15) is 5.01 Å². The predicted octanol–water partition coefficient (Wildman–Crippen LogP) is 2.97. The summed E-state index contributed by atoms with van der Waals surface area (Å²) in [6.45, 7) is 4.58. The number of likely N-dealkylation sites (tertiary alicyclic amines) is 1. The fraction of sp³-hybridized carbons (Fsp3) is 0.769. The van der Waals surface area contributed by atoms with Gasteiger partial charge in [-0.15, -0.1) is 22.9 Å². The molecule has 0 amide bonds. The molecule has 18 heavy (non-hydrogen) atoms. The molecule has 0 N–H and O–H groups in total. The molecule has 5 heteroatoms. The number of likely N-dealkylation sites (N-methyl/N-ethyl adjacent to an activating group) is 1. The minimum absolute atomic E-state index is 0.469. The van der Waals surface area contributed by atoms with E-state index in [1.165, 1.54) is 18.0 Å². The van der Waals surface area contributed by atoms with Crippen LogP contribution >= 0.6 is 22.9 Å². The molecule has 102 valence electrons. The van der Waals surface area contributed by atoms with Crippen LogP contribution in [-0.4, -0.2) is 48.0 Å².